The molecule has 0 spiro atoms. The second kappa shape index (κ2) is 22.2. The van der Waals surface area contributed by atoms with Crippen LogP contribution in [0, 0.1) is 5.82 Å². The number of imide groups is 1. The molecule has 2 amide bonds. The highest BCUT2D eigenvalue weighted by molar-refractivity contribution is 6.28. The minimum Gasteiger partial charge on any atom is -0.494 e. The molecule has 0 unspecified atom stereocenters. The molecular formula is C43H52FNO5. The highest BCUT2D eigenvalue weighted by Gasteiger charge is 2.24. The molecule has 0 bridgehead atoms. The SMILES string of the molecule is O=C(/C=C/c1ccc(OCCCCCCCCCCCCCCCCCCOc2ccc(N3C(=O)C=CC3=O)cc2)cc1)c1ccc(F)cc1. The zero-order valence-corrected chi connectivity index (χ0v) is 29.3. The van der Waals surface area contributed by atoms with Gasteiger partial charge in [0.05, 0.1) is 18.9 Å². The molecule has 0 radical (unpaired) electrons. The molecule has 1 aliphatic rings. The summed E-state index contributed by atoms with van der Waals surface area (Å²) < 4.78 is 24.7. The molecule has 0 aliphatic carbocycles. The van der Waals surface area contributed by atoms with E-state index in [0.29, 0.717) is 17.9 Å². The lowest BCUT2D eigenvalue weighted by molar-refractivity contribution is -0.120. The van der Waals surface area contributed by atoms with Crippen LogP contribution in [0.1, 0.15) is 119 Å². The van der Waals surface area contributed by atoms with Crippen molar-refractivity contribution in [2.75, 3.05) is 18.1 Å². The Bertz CT molecular complexity index is 1490. The maximum absolute atomic E-state index is 13.0. The first kappa shape index (κ1) is 38.3. The lowest BCUT2D eigenvalue weighted by atomic mass is 10.0. The molecule has 0 fully saturated rings. The maximum Gasteiger partial charge on any atom is 0.258 e. The third-order valence-electron chi connectivity index (χ3n) is 8.92. The molecule has 4 rings (SSSR count). The number of unbranched alkanes of at least 4 members (excludes halogenated alkanes) is 15. The fourth-order valence-corrected chi connectivity index (χ4v) is 5.96. The molecule has 3 aromatic carbocycles. The fraction of sp³-hybridized carbons (Fsp3) is 0.419. The molecule has 0 N–H and O–H groups in total. The number of amides is 2. The third-order valence-corrected chi connectivity index (χ3v) is 8.92. The first-order valence-corrected chi connectivity index (χ1v) is 18.5. The van der Waals surface area contributed by atoms with Crippen LogP contribution in [0.4, 0.5) is 10.1 Å². The summed E-state index contributed by atoms with van der Waals surface area (Å²) in [5.74, 6) is 0.475. The van der Waals surface area contributed by atoms with E-state index < -0.39 is 0 Å². The summed E-state index contributed by atoms with van der Waals surface area (Å²) in [6.07, 6.45) is 26.1. The van der Waals surface area contributed by atoms with Gasteiger partial charge in [0.15, 0.2) is 5.78 Å². The number of anilines is 1. The molecule has 0 atom stereocenters. The van der Waals surface area contributed by atoms with Gasteiger partial charge in [-0.25, -0.2) is 9.29 Å². The van der Waals surface area contributed by atoms with E-state index in [4.69, 9.17) is 9.47 Å². The molecule has 3 aromatic rings. The van der Waals surface area contributed by atoms with Crippen molar-refractivity contribution < 1.29 is 28.2 Å². The number of hydrogen-bond donors (Lipinski definition) is 0. The number of ketones is 1. The molecule has 0 aromatic heterocycles. The Morgan fingerprint density at radius 2 is 0.940 bits per heavy atom. The fourth-order valence-electron chi connectivity index (χ4n) is 5.96. The van der Waals surface area contributed by atoms with Crippen molar-refractivity contribution in [1.29, 1.82) is 0 Å². The highest BCUT2D eigenvalue weighted by atomic mass is 19.1. The van der Waals surface area contributed by atoms with Crippen molar-refractivity contribution in [2.24, 2.45) is 0 Å². The minimum atomic E-state index is -0.353. The standard InChI is InChI=1S/C43H52FNO5/c44-37-22-20-36(21-23-37)41(46)30-19-35-17-26-39(27-18-35)49-33-15-13-11-9-7-5-3-1-2-4-6-8-10-12-14-16-34-50-40-28-24-38(25-29-40)45-42(47)31-32-43(45)48/h17-32H,1-16,33-34H2/b30-19+. The van der Waals surface area contributed by atoms with Crippen LogP contribution in [0.3, 0.4) is 0 Å². The molecule has 0 saturated carbocycles. The van der Waals surface area contributed by atoms with E-state index in [2.05, 4.69) is 0 Å². The average Bonchev–Trinajstić information content (AvgIpc) is 3.47. The van der Waals surface area contributed by atoms with E-state index in [-0.39, 0.29) is 23.4 Å². The van der Waals surface area contributed by atoms with Crippen LogP contribution in [0.2, 0.25) is 0 Å². The van der Waals surface area contributed by atoms with Crippen LogP contribution in [0.25, 0.3) is 6.08 Å². The Balaban J connectivity index is 0.871. The summed E-state index contributed by atoms with van der Waals surface area (Å²) in [5, 5.41) is 0. The van der Waals surface area contributed by atoms with Gasteiger partial charge in [0.2, 0.25) is 0 Å². The van der Waals surface area contributed by atoms with Gasteiger partial charge >= 0.3 is 0 Å². The van der Waals surface area contributed by atoms with Gasteiger partial charge in [-0.2, -0.15) is 0 Å². The van der Waals surface area contributed by atoms with E-state index in [1.807, 2.05) is 36.4 Å². The van der Waals surface area contributed by atoms with Crippen molar-refractivity contribution in [3.8, 4) is 11.5 Å². The van der Waals surface area contributed by atoms with Gasteiger partial charge in [0.1, 0.15) is 17.3 Å². The predicted molar refractivity (Wildman–Crippen MR) is 199 cm³/mol. The molecule has 1 aliphatic heterocycles. The predicted octanol–water partition coefficient (Wildman–Crippen LogP) is 10.9. The number of allylic oxidation sites excluding steroid dienone is 1. The van der Waals surface area contributed by atoms with Gasteiger partial charge in [0.25, 0.3) is 11.8 Å². The summed E-state index contributed by atoms with van der Waals surface area (Å²) in [7, 11) is 0. The number of carbonyl (C=O) groups excluding carboxylic acids is 3. The Morgan fingerprint density at radius 1 is 0.540 bits per heavy atom. The molecule has 0 saturated heterocycles. The van der Waals surface area contributed by atoms with Gasteiger partial charge in [-0.15, -0.1) is 0 Å². The van der Waals surface area contributed by atoms with Gasteiger partial charge in [0, 0.05) is 17.7 Å². The van der Waals surface area contributed by atoms with Crippen molar-refractivity contribution >= 4 is 29.4 Å². The smallest absolute Gasteiger partial charge is 0.258 e. The van der Waals surface area contributed by atoms with Crippen LogP contribution in [0.5, 0.6) is 11.5 Å². The van der Waals surface area contributed by atoms with Crippen molar-refractivity contribution in [2.45, 2.75) is 103 Å². The van der Waals surface area contributed by atoms with Crippen LogP contribution >= 0.6 is 0 Å². The monoisotopic (exact) mass is 681 g/mol. The Labute approximate surface area is 297 Å². The number of rotatable bonds is 25. The highest BCUT2D eigenvalue weighted by Crippen LogP contribution is 2.23. The lowest BCUT2D eigenvalue weighted by Crippen LogP contribution is -2.29. The number of halogens is 1. The van der Waals surface area contributed by atoms with E-state index in [9.17, 15) is 18.8 Å². The average molecular weight is 682 g/mol. The van der Waals surface area contributed by atoms with Crippen molar-refractivity contribution in [3.63, 3.8) is 0 Å². The van der Waals surface area contributed by atoms with Crippen LogP contribution in [-0.4, -0.2) is 30.8 Å². The first-order valence-electron chi connectivity index (χ1n) is 18.5. The van der Waals surface area contributed by atoms with Crippen molar-refractivity contribution in [3.05, 3.63) is 108 Å². The van der Waals surface area contributed by atoms with E-state index in [1.54, 1.807) is 18.2 Å². The summed E-state index contributed by atoms with van der Waals surface area (Å²) in [4.78, 5) is 36.9. The zero-order chi connectivity index (χ0) is 35.2. The van der Waals surface area contributed by atoms with E-state index >= 15 is 0 Å². The molecular weight excluding hydrogens is 629 g/mol. The Hall–Kier alpha value is -4.52. The van der Waals surface area contributed by atoms with Gasteiger partial charge in [-0.1, -0.05) is 108 Å². The second-order valence-electron chi connectivity index (χ2n) is 13.0. The Morgan fingerprint density at radius 3 is 1.38 bits per heavy atom. The lowest BCUT2D eigenvalue weighted by Gasteiger charge is -2.14. The second-order valence-corrected chi connectivity index (χ2v) is 13.0. The van der Waals surface area contributed by atoms with Gasteiger partial charge in [-0.05, 0) is 85.1 Å². The minimum absolute atomic E-state index is 0.153. The number of benzene rings is 3. The van der Waals surface area contributed by atoms with Gasteiger partial charge in [-0.3, -0.25) is 14.4 Å². The first-order chi connectivity index (χ1) is 24.5. The number of ether oxygens (including phenoxy) is 2. The normalized spacial score (nSPS) is 12.7. The molecule has 266 valence electrons. The molecule has 50 heavy (non-hydrogen) atoms. The molecule has 7 heteroatoms. The van der Waals surface area contributed by atoms with Crippen LogP contribution in [-0.2, 0) is 9.59 Å². The number of nitrogens with zero attached hydrogens (tertiary/aromatic N) is 1. The quantitative estimate of drug-likeness (QED) is 0.0385. The molecule has 6 nitrogen and oxygen atoms in total. The summed E-state index contributed by atoms with van der Waals surface area (Å²) in [5.41, 5.74) is 1.95. The zero-order valence-electron chi connectivity index (χ0n) is 29.3. The number of hydrogen-bond acceptors (Lipinski definition) is 5. The van der Waals surface area contributed by atoms with E-state index in [1.165, 1.54) is 132 Å². The third kappa shape index (κ3) is 14.1. The van der Waals surface area contributed by atoms with Crippen molar-refractivity contribution in [1.82, 2.24) is 0 Å². The topological polar surface area (TPSA) is 72.9 Å². The maximum atomic E-state index is 13.0. The molecule has 1 heterocycles. The summed E-state index contributed by atoms with van der Waals surface area (Å²) in [6, 6.07) is 20.4. The van der Waals surface area contributed by atoms with Crippen LogP contribution in [0.15, 0.2) is 91.0 Å². The summed E-state index contributed by atoms with van der Waals surface area (Å²) >= 11 is 0. The largest absolute Gasteiger partial charge is 0.494 e. The summed E-state index contributed by atoms with van der Waals surface area (Å²) in [6.45, 7) is 1.40. The van der Waals surface area contributed by atoms with Crippen LogP contribution < -0.4 is 14.4 Å². The number of carbonyl (C=O) groups is 3. The van der Waals surface area contributed by atoms with Gasteiger partial charge < -0.3 is 9.47 Å². The Kier molecular flexibility index (Phi) is 17.0. The van der Waals surface area contributed by atoms with E-state index in [0.717, 1.165) is 41.4 Å².